The molecule has 6 heteroatoms. The van der Waals surface area contributed by atoms with Gasteiger partial charge in [0.1, 0.15) is 0 Å². The van der Waals surface area contributed by atoms with E-state index in [1.807, 2.05) is 93.6 Å². The Morgan fingerprint density at radius 2 is 1.44 bits per heavy atom. The van der Waals surface area contributed by atoms with Crippen LogP contribution in [0.15, 0.2) is 72.8 Å². The number of hydrogen-bond acceptors (Lipinski definition) is 3. The number of carbonyl (C=O) groups is 3. The van der Waals surface area contributed by atoms with Crippen LogP contribution in [0.4, 0.5) is 0 Å². The summed E-state index contributed by atoms with van der Waals surface area (Å²) in [6.45, 7) is 6.43. The van der Waals surface area contributed by atoms with Crippen molar-refractivity contribution in [3.8, 4) is 0 Å². The lowest BCUT2D eigenvalue weighted by atomic mass is 9.88. The summed E-state index contributed by atoms with van der Waals surface area (Å²) >= 11 is 0. The molecule has 0 fully saturated rings. The van der Waals surface area contributed by atoms with Crippen molar-refractivity contribution in [3.05, 3.63) is 83.9 Å². The first kappa shape index (κ1) is 28.8. The van der Waals surface area contributed by atoms with E-state index in [4.69, 9.17) is 5.11 Å². The normalized spacial score (nSPS) is 12.4. The number of rotatable bonds is 15. The van der Waals surface area contributed by atoms with Crippen molar-refractivity contribution < 1.29 is 19.5 Å². The quantitative estimate of drug-likeness (QED) is 0.280. The highest BCUT2D eigenvalue weighted by Crippen LogP contribution is 2.24. The highest BCUT2D eigenvalue weighted by atomic mass is 16.4. The summed E-state index contributed by atoms with van der Waals surface area (Å²) in [6.07, 6.45) is 6.94. The molecule has 0 saturated carbocycles. The molecule has 0 aliphatic carbocycles. The SMILES string of the molecule is CC(CCC=CCCC(=O)O)CC(=O)NCC(C)(C)CC(=O)NC(c1ccccc1)c1ccccc1. The van der Waals surface area contributed by atoms with Gasteiger partial charge in [-0.1, -0.05) is 93.6 Å². The number of aliphatic carboxylic acids is 1. The fourth-order valence-corrected chi connectivity index (χ4v) is 4.01. The molecule has 6 nitrogen and oxygen atoms in total. The van der Waals surface area contributed by atoms with Crippen LogP contribution in [-0.4, -0.2) is 29.4 Å². The summed E-state index contributed by atoms with van der Waals surface area (Å²) in [4.78, 5) is 36.0. The second-order valence-electron chi connectivity index (χ2n) is 10.2. The van der Waals surface area contributed by atoms with Crippen molar-refractivity contribution >= 4 is 17.8 Å². The van der Waals surface area contributed by atoms with Crippen LogP contribution in [-0.2, 0) is 14.4 Å². The van der Waals surface area contributed by atoms with Gasteiger partial charge in [-0.15, -0.1) is 0 Å². The molecular weight excluding hydrogens is 452 g/mol. The zero-order chi connectivity index (χ0) is 26.4. The van der Waals surface area contributed by atoms with E-state index in [2.05, 4.69) is 10.6 Å². The van der Waals surface area contributed by atoms with Gasteiger partial charge in [-0.2, -0.15) is 0 Å². The number of hydrogen-bond donors (Lipinski definition) is 3. The molecule has 36 heavy (non-hydrogen) atoms. The maximum absolute atomic E-state index is 13.0. The highest BCUT2D eigenvalue weighted by Gasteiger charge is 2.25. The zero-order valence-corrected chi connectivity index (χ0v) is 21.7. The largest absolute Gasteiger partial charge is 0.481 e. The number of allylic oxidation sites excluding steroid dienone is 2. The molecule has 2 rings (SSSR count). The molecule has 0 aromatic heterocycles. The van der Waals surface area contributed by atoms with Crippen molar-refractivity contribution in [2.45, 2.75) is 65.3 Å². The molecule has 2 aromatic rings. The second-order valence-corrected chi connectivity index (χ2v) is 10.2. The first-order chi connectivity index (χ1) is 17.2. The average Bonchev–Trinajstić information content (AvgIpc) is 2.84. The van der Waals surface area contributed by atoms with Crippen molar-refractivity contribution in [2.24, 2.45) is 11.3 Å². The molecule has 2 aromatic carbocycles. The van der Waals surface area contributed by atoms with Gasteiger partial charge >= 0.3 is 5.97 Å². The second kappa shape index (κ2) is 14.9. The molecular formula is C30H40N2O4. The Morgan fingerprint density at radius 1 is 0.889 bits per heavy atom. The summed E-state index contributed by atoms with van der Waals surface area (Å²) in [6, 6.07) is 19.6. The van der Waals surface area contributed by atoms with Crippen LogP contribution in [0.5, 0.6) is 0 Å². The molecule has 0 bridgehead atoms. The maximum Gasteiger partial charge on any atom is 0.303 e. The van der Waals surface area contributed by atoms with Gasteiger partial charge in [-0.3, -0.25) is 14.4 Å². The van der Waals surface area contributed by atoms with Gasteiger partial charge in [-0.25, -0.2) is 0 Å². The van der Waals surface area contributed by atoms with Crippen LogP contribution in [0.25, 0.3) is 0 Å². The number of carboxylic acids is 1. The summed E-state index contributed by atoms with van der Waals surface area (Å²) < 4.78 is 0. The molecule has 0 radical (unpaired) electrons. The third-order valence-corrected chi connectivity index (χ3v) is 6.03. The van der Waals surface area contributed by atoms with Crippen LogP contribution in [0, 0.1) is 11.3 Å². The van der Waals surface area contributed by atoms with Gasteiger partial charge in [0.2, 0.25) is 11.8 Å². The van der Waals surface area contributed by atoms with Crippen molar-refractivity contribution in [1.29, 1.82) is 0 Å². The van der Waals surface area contributed by atoms with E-state index < -0.39 is 11.4 Å². The number of carbonyl (C=O) groups excluding carboxylic acids is 2. The Hall–Kier alpha value is -3.41. The van der Waals surface area contributed by atoms with E-state index in [0.29, 0.717) is 25.8 Å². The van der Waals surface area contributed by atoms with Crippen molar-refractivity contribution in [3.63, 3.8) is 0 Å². The predicted octanol–water partition coefficient (Wildman–Crippen LogP) is 5.65. The zero-order valence-electron chi connectivity index (χ0n) is 21.7. The van der Waals surface area contributed by atoms with Gasteiger partial charge in [0.15, 0.2) is 0 Å². The molecule has 0 spiro atoms. The Bertz CT molecular complexity index is 947. The van der Waals surface area contributed by atoms with Crippen LogP contribution >= 0.6 is 0 Å². The van der Waals surface area contributed by atoms with Crippen molar-refractivity contribution in [1.82, 2.24) is 10.6 Å². The van der Waals surface area contributed by atoms with Crippen LogP contribution < -0.4 is 10.6 Å². The standard InChI is InChI=1S/C30H40N2O4/c1-23(14-8-4-5-13-19-28(35)36)20-26(33)31-22-30(2,3)21-27(34)32-29(24-15-9-6-10-16-24)25-17-11-7-12-18-25/h4-7,9-12,15-18,23,29H,8,13-14,19-22H2,1-3H3,(H,31,33)(H,32,34)(H,35,36). The smallest absolute Gasteiger partial charge is 0.303 e. The van der Waals surface area contributed by atoms with Crippen LogP contribution in [0.3, 0.4) is 0 Å². The lowest BCUT2D eigenvalue weighted by Gasteiger charge is -2.27. The molecule has 0 saturated heterocycles. The minimum atomic E-state index is -0.794. The van der Waals surface area contributed by atoms with Gasteiger partial charge in [0.05, 0.1) is 6.04 Å². The summed E-state index contributed by atoms with van der Waals surface area (Å²) in [7, 11) is 0. The van der Waals surface area contributed by atoms with Gasteiger partial charge in [-0.05, 0) is 41.7 Å². The Labute approximate surface area is 215 Å². The minimum Gasteiger partial charge on any atom is -0.481 e. The molecule has 0 aliphatic heterocycles. The lowest BCUT2D eigenvalue weighted by molar-refractivity contribution is -0.137. The van der Waals surface area contributed by atoms with Crippen molar-refractivity contribution in [2.75, 3.05) is 6.54 Å². The molecule has 0 aliphatic rings. The number of amides is 2. The van der Waals surface area contributed by atoms with E-state index in [1.165, 1.54) is 0 Å². The number of carboxylic acid groups (broad SMARTS) is 1. The molecule has 194 valence electrons. The van der Waals surface area contributed by atoms with E-state index in [9.17, 15) is 14.4 Å². The van der Waals surface area contributed by atoms with E-state index in [1.54, 1.807) is 0 Å². The van der Waals surface area contributed by atoms with Gasteiger partial charge in [0, 0.05) is 25.8 Å². The highest BCUT2D eigenvalue weighted by molar-refractivity contribution is 5.78. The summed E-state index contributed by atoms with van der Waals surface area (Å²) in [5.41, 5.74) is 1.65. The van der Waals surface area contributed by atoms with Crippen LogP contribution in [0.2, 0.25) is 0 Å². The molecule has 1 unspecified atom stereocenters. The molecule has 3 N–H and O–H groups in total. The van der Waals surface area contributed by atoms with Gasteiger partial charge in [0.25, 0.3) is 0 Å². The summed E-state index contributed by atoms with van der Waals surface area (Å²) in [5.74, 6) is -0.650. The predicted molar refractivity (Wildman–Crippen MR) is 143 cm³/mol. The Kier molecular flexibility index (Phi) is 11.9. The average molecular weight is 493 g/mol. The molecule has 0 heterocycles. The maximum atomic E-state index is 13.0. The first-order valence-corrected chi connectivity index (χ1v) is 12.7. The Balaban J connectivity index is 1.80. The van der Waals surface area contributed by atoms with E-state index in [0.717, 1.165) is 24.0 Å². The monoisotopic (exact) mass is 492 g/mol. The topological polar surface area (TPSA) is 95.5 Å². The van der Waals surface area contributed by atoms with Gasteiger partial charge < -0.3 is 15.7 Å². The fraction of sp³-hybridized carbons (Fsp3) is 0.433. The Morgan fingerprint density at radius 3 is 2.00 bits per heavy atom. The molecule has 2 amide bonds. The van der Waals surface area contributed by atoms with E-state index in [-0.39, 0.29) is 30.2 Å². The molecule has 1 atom stereocenters. The summed E-state index contributed by atoms with van der Waals surface area (Å²) in [5, 5.41) is 14.8. The third-order valence-electron chi connectivity index (χ3n) is 6.03. The lowest BCUT2D eigenvalue weighted by Crippen LogP contribution is -2.39. The third kappa shape index (κ3) is 11.3. The first-order valence-electron chi connectivity index (χ1n) is 12.7. The minimum absolute atomic E-state index is 0.0164. The number of nitrogens with one attached hydrogen (secondary N) is 2. The number of benzene rings is 2. The fourth-order valence-electron chi connectivity index (χ4n) is 4.01. The van der Waals surface area contributed by atoms with E-state index >= 15 is 0 Å². The van der Waals surface area contributed by atoms with Crippen LogP contribution in [0.1, 0.15) is 76.5 Å².